The van der Waals surface area contributed by atoms with E-state index in [0.717, 1.165) is 34.6 Å². The number of benzene rings is 4. The lowest BCUT2D eigenvalue weighted by atomic mass is 10.1. The van der Waals surface area contributed by atoms with Gasteiger partial charge >= 0.3 is 18.2 Å². The number of methoxy groups -OCH3 is 1. The van der Waals surface area contributed by atoms with Crippen molar-refractivity contribution in [3.05, 3.63) is 124 Å². The number of carbonyl (C=O) groups is 3. The van der Waals surface area contributed by atoms with Crippen LogP contribution in [0.25, 0.3) is 0 Å². The Morgan fingerprint density at radius 1 is 0.936 bits per heavy atom. The fourth-order valence-electron chi connectivity index (χ4n) is 4.86. The average molecular weight is 681 g/mol. The molecule has 1 aliphatic heterocycles. The van der Waals surface area contributed by atoms with E-state index in [9.17, 15) is 27.6 Å². The fourth-order valence-corrected chi connectivity index (χ4v) is 6.03. The third kappa shape index (κ3) is 8.32. The number of nitrogens with one attached hydrogen (secondary N) is 2. The number of amides is 3. The first-order valence-electron chi connectivity index (χ1n) is 14.3. The van der Waals surface area contributed by atoms with Crippen molar-refractivity contribution in [2.24, 2.45) is 5.10 Å². The van der Waals surface area contributed by atoms with E-state index in [1.54, 1.807) is 28.8 Å². The van der Waals surface area contributed by atoms with Crippen LogP contribution in [-0.4, -0.2) is 43.0 Å². The van der Waals surface area contributed by atoms with Gasteiger partial charge in [-0.1, -0.05) is 54.1 Å². The first-order valence-corrected chi connectivity index (χ1v) is 15.7. The lowest BCUT2D eigenvalue weighted by molar-refractivity contribution is -0.137. The van der Waals surface area contributed by atoms with Gasteiger partial charge in [0.2, 0.25) is 0 Å². The third-order valence-electron chi connectivity index (χ3n) is 7.28. The molecule has 242 valence electrons. The molecule has 0 saturated heterocycles. The highest BCUT2D eigenvalue weighted by atomic mass is 35.5. The molecule has 0 aliphatic carbocycles. The molecule has 0 spiro atoms. The second kappa shape index (κ2) is 14.7. The van der Waals surface area contributed by atoms with Crippen LogP contribution >= 0.6 is 23.4 Å². The van der Waals surface area contributed by atoms with Gasteiger partial charge in [-0.05, 0) is 72.5 Å². The molecular formula is C34H28ClF3N4O4S. The van der Waals surface area contributed by atoms with Gasteiger partial charge in [0.1, 0.15) is 0 Å². The van der Waals surface area contributed by atoms with Crippen LogP contribution in [0, 0.1) is 0 Å². The minimum atomic E-state index is -4.59. The van der Waals surface area contributed by atoms with E-state index in [-0.39, 0.29) is 16.4 Å². The quantitative estimate of drug-likeness (QED) is 0.102. The molecule has 0 fully saturated rings. The Hall–Kier alpha value is -4.81. The zero-order valence-corrected chi connectivity index (χ0v) is 26.5. The first kappa shape index (κ1) is 33.6. The van der Waals surface area contributed by atoms with Gasteiger partial charge in [-0.3, -0.25) is 4.79 Å². The Balaban J connectivity index is 1.31. The summed E-state index contributed by atoms with van der Waals surface area (Å²) in [7, 11) is 1.33. The van der Waals surface area contributed by atoms with Crippen molar-refractivity contribution in [3.63, 3.8) is 0 Å². The van der Waals surface area contributed by atoms with E-state index in [0.29, 0.717) is 41.6 Å². The SMILES string of the molecule is COC(=O)c1ccc(CCSc2ccc3c(c2)/C(=N/NC(=O)Nc2ccc(C(F)(F)F)cc2Cl)C(=O)N3CCc2ccccc2)cc1. The maximum atomic E-state index is 13.6. The smallest absolute Gasteiger partial charge is 0.416 e. The molecule has 47 heavy (non-hydrogen) atoms. The maximum absolute atomic E-state index is 13.6. The van der Waals surface area contributed by atoms with E-state index in [1.807, 2.05) is 60.7 Å². The minimum Gasteiger partial charge on any atom is -0.465 e. The number of fused-ring (bicyclic) bond motifs is 1. The number of esters is 1. The molecule has 8 nitrogen and oxygen atoms in total. The van der Waals surface area contributed by atoms with Gasteiger partial charge in [0.25, 0.3) is 5.91 Å². The van der Waals surface area contributed by atoms with Crippen molar-refractivity contribution >= 4 is 58.4 Å². The van der Waals surface area contributed by atoms with Gasteiger partial charge in [-0.2, -0.15) is 18.3 Å². The fraction of sp³-hybridized carbons (Fsp3) is 0.176. The molecule has 13 heteroatoms. The van der Waals surface area contributed by atoms with E-state index < -0.39 is 29.6 Å². The number of anilines is 2. The number of aryl methyl sites for hydroxylation is 1. The number of carbonyl (C=O) groups excluding carboxylic acids is 3. The van der Waals surface area contributed by atoms with Crippen LogP contribution < -0.4 is 15.6 Å². The molecule has 0 radical (unpaired) electrons. The van der Waals surface area contributed by atoms with Gasteiger partial charge in [0.05, 0.1) is 34.6 Å². The summed E-state index contributed by atoms with van der Waals surface area (Å²) in [5, 5.41) is 6.18. The topological polar surface area (TPSA) is 100 Å². The summed E-state index contributed by atoms with van der Waals surface area (Å²) in [6.07, 6.45) is -3.28. The lowest BCUT2D eigenvalue weighted by Crippen LogP contribution is -2.34. The minimum absolute atomic E-state index is 0.0163. The predicted octanol–water partition coefficient (Wildman–Crippen LogP) is 7.60. The molecule has 3 amide bonds. The second-order valence-electron chi connectivity index (χ2n) is 10.4. The summed E-state index contributed by atoms with van der Waals surface area (Å²) in [6.45, 7) is 0.371. The van der Waals surface area contributed by atoms with Crippen LogP contribution in [0.2, 0.25) is 5.02 Å². The van der Waals surface area contributed by atoms with Crippen LogP contribution in [0.15, 0.2) is 101 Å². The molecule has 0 atom stereocenters. The van der Waals surface area contributed by atoms with Crippen molar-refractivity contribution in [3.8, 4) is 0 Å². The Kier molecular flexibility index (Phi) is 10.5. The average Bonchev–Trinajstić information content (AvgIpc) is 3.32. The van der Waals surface area contributed by atoms with Crippen molar-refractivity contribution in [2.45, 2.75) is 23.9 Å². The number of ether oxygens (including phenoxy) is 1. The number of hydrazone groups is 1. The summed E-state index contributed by atoms with van der Waals surface area (Å²) in [6, 6.07) is 24.1. The molecule has 2 N–H and O–H groups in total. The molecule has 5 rings (SSSR count). The molecule has 0 bridgehead atoms. The highest BCUT2D eigenvalue weighted by molar-refractivity contribution is 7.99. The van der Waals surface area contributed by atoms with E-state index in [1.165, 1.54) is 7.11 Å². The van der Waals surface area contributed by atoms with Gasteiger partial charge in [0, 0.05) is 22.8 Å². The first-order chi connectivity index (χ1) is 22.5. The monoisotopic (exact) mass is 680 g/mol. The van der Waals surface area contributed by atoms with Crippen LogP contribution in [0.1, 0.15) is 32.6 Å². The summed E-state index contributed by atoms with van der Waals surface area (Å²) in [4.78, 5) is 40.4. The number of halogens is 4. The van der Waals surface area contributed by atoms with Crippen LogP contribution in [0.3, 0.4) is 0 Å². The molecule has 1 aliphatic rings. The number of alkyl halides is 3. The third-order valence-corrected chi connectivity index (χ3v) is 8.59. The van der Waals surface area contributed by atoms with Crippen molar-refractivity contribution in [1.82, 2.24) is 5.43 Å². The number of hydrogen-bond acceptors (Lipinski definition) is 6. The van der Waals surface area contributed by atoms with Crippen molar-refractivity contribution in [1.29, 1.82) is 0 Å². The van der Waals surface area contributed by atoms with Crippen LogP contribution in [-0.2, 0) is 28.5 Å². The molecule has 1 heterocycles. The standard InChI is InChI=1S/C34H28ClF3N4O4S/c1-46-32(44)23-9-7-22(8-10-23)16-18-47-25-12-14-29-26(20-25)30(31(43)42(29)17-15-21-5-3-2-4-6-21)40-41-33(45)39-28-13-11-24(19-27(28)35)34(36,37)38/h2-14,19-20H,15-18H2,1H3,(H2,39,41,45)/b40-30-. The van der Waals surface area contributed by atoms with Gasteiger partial charge in [0.15, 0.2) is 5.71 Å². The molecule has 0 saturated carbocycles. The zero-order valence-electron chi connectivity index (χ0n) is 24.9. The van der Waals surface area contributed by atoms with Crippen molar-refractivity contribution in [2.75, 3.05) is 29.6 Å². The largest absolute Gasteiger partial charge is 0.465 e. The Morgan fingerprint density at radius 3 is 2.34 bits per heavy atom. The molecular weight excluding hydrogens is 653 g/mol. The number of thioether (sulfide) groups is 1. The molecule has 4 aromatic rings. The van der Waals surface area contributed by atoms with E-state index in [2.05, 4.69) is 15.8 Å². The van der Waals surface area contributed by atoms with Crippen LogP contribution in [0.5, 0.6) is 0 Å². The van der Waals surface area contributed by atoms with Gasteiger partial charge in [-0.15, -0.1) is 11.8 Å². The van der Waals surface area contributed by atoms with E-state index >= 15 is 0 Å². The van der Waals surface area contributed by atoms with Gasteiger partial charge in [-0.25, -0.2) is 15.0 Å². The highest BCUT2D eigenvalue weighted by Gasteiger charge is 2.35. The van der Waals surface area contributed by atoms with Gasteiger partial charge < -0.3 is 15.0 Å². The summed E-state index contributed by atoms with van der Waals surface area (Å²) < 4.78 is 43.7. The number of urea groups is 1. The highest BCUT2D eigenvalue weighted by Crippen LogP contribution is 2.35. The van der Waals surface area contributed by atoms with Crippen molar-refractivity contribution < 1.29 is 32.3 Å². The second-order valence-corrected chi connectivity index (χ2v) is 12.0. The Bertz CT molecular complexity index is 1820. The van der Waals surface area contributed by atoms with Crippen LogP contribution in [0.4, 0.5) is 29.3 Å². The maximum Gasteiger partial charge on any atom is 0.416 e. The Morgan fingerprint density at radius 2 is 1.66 bits per heavy atom. The summed E-state index contributed by atoms with van der Waals surface area (Å²) in [5.74, 6) is -0.0934. The summed E-state index contributed by atoms with van der Waals surface area (Å²) >= 11 is 7.54. The lowest BCUT2D eigenvalue weighted by Gasteiger charge is -2.17. The summed E-state index contributed by atoms with van der Waals surface area (Å²) in [5.41, 5.74) is 5.02. The Labute approximate surface area is 277 Å². The number of nitrogens with zero attached hydrogens (tertiary/aromatic N) is 2. The molecule has 0 unspecified atom stereocenters. The predicted molar refractivity (Wildman–Crippen MR) is 176 cm³/mol. The molecule has 4 aromatic carbocycles. The normalized spacial score (nSPS) is 13.4. The number of hydrogen-bond donors (Lipinski definition) is 2. The number of rotatable bonds is 10. The zero-order chi connectivity index (χ0) is 33.6. The van der Waals surface area contributed by atoms with E-state index in [4.69, 9.17) is 16.3 Å². The molecule has 0 aromatic heterocycles.